The summed E-state index contributed by atoms with van der Waals surface area (Å²) in [5.41, 5.74) is 0.505. The van der Waals surface area contributed by atoms with E-state index in [1.165, 1.54) is 5.56 Å². The molecule has 1 saturated heterocycles. The van der Waals surface area contributed by atoms with Crippen molar-refractivity contribution in [2.45, 2.75) is 44.7 Å². The maximum atomic E-state index is 11.5. The van der Waals surface area contributed by atoms with Gasteiger partial charge in [0, 0.05) is 6.04 Å². The van der Waals surface area contributed by atoms with Crippen molar-refractivity contribution in [1.29, 1.82) is 0 Å². The van der Waals surface area contributed by atoms with Gasteiger partial charge in [-0.05, 0) is 38.3 Å². The number of aliphatic carboxylic acids is 1. The molecule has 18 heavy (non-hydrogen) atoms. The van der Waals surface area contributed by atoms with Crippen molar-refractivity contribution in [2.24, 2.45) is 0 Å². The summed E-state index contributed by atoms with van der Waals surface area (Å²) in [6.07, 6.45) is 2.64. The maximum Gasteiger partial charge on any atom is 0.323 e. The molecule has 1 fully saturated rings. The molecule has 0 aliphatic carbocycles. The van der Waals surface area contributed by atoms with Crippen LogP contribution in [0.3, 0.4) is 0 Å². The van der Waals surface area contributed by atoms with Gasteiger partial charge in [0.05, 0.1) is 0 Å². The number of benzene rings is 1. The Morgan fingerprint density at radius 1 is 1.44 bits per heavy atom. The van der Waals surface area contributed by atoms with Gasteiger partial charge in [-0.15, -0.1) is 0 Å². The van der Waals surface area contributed by atoms with Gasteiger partial charge >= 0.3 is 5.97 Å². The zero-order valence-corrected chi connectivity index (χ0v) is 11.1. The number of carbonyl (C=O) groups is 1. The largest absolute Gasteiger partial charge is 0.480 e. The molecule has 0 amide bonds. The van der Waals surface area contributed by atoms with E-state index in [4.69, 9.17) is 0 Å². The molecule has 1 aromatic carbocycles. The molecule has 98 valence electrons. The lowest BCUT2D eigenvalue weighted by Gasteiger charge is -2.37. The van der Waals surface area contributed by atoms with E-state index < -0.39 is 11.5 Å². The predicted octanol–water partition coefficient (Wildman–Crippen LogP) is 3.08. The molecule has 0 radical (unpaired) electrons. The Balaban J connectivity index is 2.31. The maximum absolute atomic E-state index is 11.5. The van der Waals surface area contributed by atoms with Crippen LogP contribution in [0.25, 0.3) is 0 Å². The van der Waals surface area contributed by atoms with Crippen LogP contribution in [0.4, 0.5) is 0 Å². The molecule has 3 nitrogen and oxygen atoms in total. The van der Waals surface area contributed by atoms with Crippen LogP contribution in [0.2, 0.25) is 0 Å². The molecule has 0 bridgehead atoms. The molecule has 1 aliphatic heterocycles. The highest BCUT2D eigenvalue weighted by Crippen LogP contribution is 2.38. The quantitative estimate of drug-likeness (QED) is 0.889. The summed E-state index contributed by atoms with van der Waals surface area (Å²) in [5, 5.41) is 9.49. The number of hydrogen-bond acceptors (Lipinski definition) is 2. The van der Waals surface area contributed by atoms with Gasteiger partial charge in [-0.1, -0.05) is 37.3 Å². The number of rotatable bonds is 4. The van der Waals surface area contributed by atoms with Gasteiger partial charge < -0.3 is 5.11 Å². The lowest BCUT2D eigenvalue weighted by Crippen LogP contribution is -2.49. The topological polar surface area (TPSA) is 40.5 Å². The van der Waals surface area contributed by atoms with E-state index in [1.807, 2.05) is 25.1 Å². The van der Waals surface area contributed by atoms with Crippen molar-refractivity contribution in [3.63, 3.8) is 0 Å². The SMILES string of the molecule is CCC(c1ccccc1)N1CCCC1(C)C(=O)O. The van der Waals surface area contributed by atoms with E-state index in [9.17, 15) is 9.90 Å². The zero-order valence-electron chi connectivity index (χ0n) is 11.1. The number of hydrogen-bond donors (Lipinski definition) is 1. The second-order valence-electron chi connectivity index (χ2n) is 5.21. The van der Waals surface area contributed by atoms with Crippen LogP contribution in [0.15, 0.2) is 30.3 Å². The van der Waals surface area contributed by atoms with Crippen molar-refractivity contribution in [3.05, 3.63) is 35.9 Å². The van der Waals surface area contributed by atoms with Crippen molar-refractivity contribution in [2.75, 3.05) is 6.54 Å². The third-order valence-electron chi connectivity index (χ3n) is 4.10. The molecule has 1 aromatic rings. The third kappa shape index (κ3) is 2.15. The fraction of sp³-hybridized carbons (Fsp3) is 0.533. The number of likely N-dealkylation sites (tertiary alicyclic amines) is 1. The minimum atomic E-state index is -0.712. The van der Waals surface area contributed by atoms with Gasteiger partial charge in [-0.3, -0.25) is 9.69 Å². The third-order valence-corrected chi connectivity index (χ3v) is 4.10. The summed E-state index contributed by atoms with van der Waals surface area (Å²) < 4.78 is 0. The molecular weight excluding hydrogens is 226 g/mol. The van der Waals surface area contributed by atoms with Crippen molar-refractivity contribution >= 4 is 5.97 Å². The summed E-state index contributed by atoms with van der Waals surface area (Å²) in [4.78, 5) is 13.7. The average Bonchev–Trinajstić information content (AvgIpc) is 2.76. The molecule has 1 heterocycles. The molecule has 0 spiro atoms. The van der Waals surface area contributed by atoms with E-state index in [1.54, 1.807) is 0 Å². The second-order valence-corrected chi connectivity index (χ2v) is 5.21. The van der Waals surface area contributed by atoms with Gasteiger partial charge in [0.1, 0.15) is 5.54 Å². The lowest BCUT2D eigenvalue weighted by molar-refractivity contribution is -0.150. The van der Waals surface area contributed by atoms with Crippen LogP contribution in [0, 0.1) is 0 Å². The van der Waals surface area contributed by atoms with Crippen molar-refractivity contribution < 1.29 is 9.90 Å². The van der Waals surface area contributed by atoms with Gasteiger partial charge in [-0.2, -0.15) is 0 Å². The number of nitrogens with zero attached hydrogens (tertiary/aromatic N) is 1. The van der Waals surface area contributed by atoms with Gasteiger partial charge in [-0.25, -0.2) is 0 Å². The first-order valence-electron chi connectivity index (χ1n) is 6.64. The summed E-state index contributed by atoms with van der Waals surface area (Å²) in [6, 6.07) is 10.4. The number of carboxylic acids is 1. The Bertz CT molecular complexity index is 418. The highest BCUT2D eigenvalue weighted by molar-refractivity contribution is 5.78. The standard InChI is InChI=1S/C15H21NO2/c1-3-13(12-8-5-4-6-9-12)16-11-7-10-15(16,2)14(17)18/h4-6,8-9,13H,3,7,10-11H2,1-2H3,(H,17,18). The van der Waals surface area contributed by atoms with Crippen LogP contribution in [-0.2, 0) is 4.79 Å². The lowest BCUT2D eigenvalue weighted by atomic mass is 9.94. The monoisotopic (exact) mass is 247 g/mol. The van der Waals surface area contributed by atoms with Crippen LogP contribution in [0.5, 0.6) is 0 Å². The Morgan fingerprint density at radius 2 is 2.11 bits per heavy atom. The molecule has 2 rings (SSSR count). The van der Waals surface area contributed by atoms with Crippen molar-refractivity contribution in [3.8, 4) is 0 Å². The Morgan fingerprint density at radius 3 is 2.67 bits per heavy atom. The summed E-state index contributed by atoms with van der Waals surface area (Å²) >= 11 is 0. The summed E-state index contributed by atoms with van der Waals surface area (Å²) in [5.74, 6) is -0.700. The Labute approximate surface area is 108 Å². The van der Waals surface area contributed by atoms with E-state index in [0.29, 0.717) is 0 Å². The first-order chi connectivity index (χ1) is 8.59. The predicted molar refractivity (Wildman–Crippen MR) is 71.5 cm³/mol. The normalized spacial score (nSPS) is 26.1. The minimum absolute atomic E-state index is 0.204. The van der Waals surface area contributed by atoms with Crippen LogP contribution >= 0.6 is 0 Å². The highest BCUT2D eigenvalue weighted by Gasteiger charge is 2.46. The molecule has 0 aromatic heterocycles. The first-order valence-corrected chi connectivity index (χ1v) is 6.64. The smallest absolute Gasteiger partial charge is 0.323 e. The molecular formula is C15H21NO2. The molecule has 1 aliphatic rings. The molecule has 2 unspecified atom stereocenters. The van der Waals surface area contributed by atoms with E-state index >= 15 is 0 Å². The van der Waals surface area contributed by atoms with E-state index in [-0.39, 0.29) is 6.04 Å². The molecule has 3 heteroatoms. The fourth-order valence-corrected chi connectivity index (χ4v) is 3.02. The van der Waals surface area contributed by atoms with E-state index in [0.717, 1.165) is 25.8 Å². The number of carboxylic acid groups (broad SMARTS) is 1. The Hall–Kier alpha value is -1.35. The van der Waals surface area contributed by atoms with E-state index in [2.05, 4.69) is 24.0 Å². The second kappa shape index (κ2) is 5.11. The highest BCUT2D eigenvalue weighted by atomic mass is 16.4. The van der Waals surface area contributed by atoms with Crippen LogP contribution in [-0.4, -0.2) is 28.1 Å². The van der Waals surface area contributed by atoms with Gasteiger partial charge in [0.15, 0.2) is 0 Å². The van der Waals surface area contributed by atoms with Gasteiger partial charge in [0.25, 0.3) is 0 Å². The first kappa shape index (κ1) is 13.1. The molecule has 2 atom stereocenters. The summed E-state index contributed by atoms with van der Waals surface area (Å²) in [7, 11) is 0. The van der Waals surface area contributed by atoms with Crippen LogP contribution < -0.4 is 0 Å². The zero-order chi connectivity index (χ0) is 13.2. The fourth-order valence-electron chi connectivity index (χ4n) is 3.02. The van der Waals surface area contributed by atoms with Gasteiger partial charge in [0.2, 0.25) is 0 Å². The Kier molecular flexibility index (Phi) is 3.71. The summed E-state index contributed by atoms with van der Waals surface area (Å²) in [6.45, 7) is 4.85. The minimum Gasteiger partial charge on any atom is -0.480 e. The molecule has 1 N–H and O–H groups in total. The average molecular weight is 247 g/mol. The van der Waals surface area contributed by atoms with Crippen molar-refractivity contribution in [1.82, 2.24) is 4.90 Å². The van der Waals surface area contributed by atoms with Crippen LogP contribution in [0.1, 0.15) is 44.7 Å². The molecule has 0 saturated carbocycles.